The number of Topliss-reactive ketones (excluding diaryl/α,β-unsaturated/α-hetero) is 1. The van der Waals surface area contributed by atoms with E-state index in [9.17, 15) is 4.79 Å². The third-order valence-electron chi connectivity index (χ3n) is 2.61. The van der Waals surface area contributed by atoms with Crippen molar-refractivity contribution >= 4 is 17.5 Å². The van der Waals surface area contributed by atoms with Crippen molar-refractivity contribution in [3.8, 4) is 0 Å². The van der Waals surface area contributed by atoms with Crippen LogP contribution in [-0.2, 0) is 16.1 Å². The summed E-state index contributed by atoms with van der Waals surface area (Å²) >= 11 is 1.61. The maximum Gasteiger partial charge on any atom is 0.208 e. The van der Waals surface area contributed by atoms with Crippen molar-refractivity contribution < 1.29 is 9.53 Å². The summed E-state index contributed by atoms with van der Waals surface area (Å²) < 4.78 is 5.70. The first-order valence-electron chi connectivity index (χ1n) is 6.07. The minimum absolute atomic E-state index is 0.115. The quantitative estimate of drug-likeness (QED) is 0.818. The number of ketones is 1. The van der Waals surface area contributed by atoms with Crippen LogP contribution in [0.1, 0.15) is 25.8 Å². The molecule has 0 aromatic carbocycles. The van der Waals surface area contributed by atoms with Crippen molar-refractivity contribution in [1.29, 1.82) is 0 Å². The Balaban J connectivity index is 2.03. The topological polar surface area (TPSA) is 39.2 Å². The molecule has 1 aliphatic heterocycles. The highest BCUT2D eigenvalue weighted by Gasteiger charge is 2.25. The lowest BCUT2D eigenvalue weighted by Gasteiger charge is -2.10. The van der Waals surface area contributed by atoms with Gasteiger partial charge >= 0.3 is 0 Å². The highest BCUT2D eigenvalue weighted by Crippen LogP contribution is 2.34. The van der Waals surface area contributed by atoms with Crippen LogP contribution in [0.4, 0.5) is 0 Å². The maximum atomic E-state index is 11.8. The van der Waals surface area contributed by atoms with Gasteiger partial charge in [0.05, 0.1) is 5.75 Å². The van der Waals surface area contributed by atoms with Crippen molar-refractivity contribution in [2.45, 2.75) is 26.9 Å². The Bertz CT molecular complexity index is 454. The molecule has 0 radical (unpaired) electrons. The third kappa shape index (κ3) is 3.35. The molecule has 0 fully saturated rings. The standard InChI is InChI=1S/C14H17NO2S/c1-10(2)7-13-14(12(16)9-18-13)17-8-11-3-5-15-6-4-11/h3-6,10H,7-9H2,1-2H3. The molecule has 3 nitrogen and oxygen atoms in total. The van der Waals surface area contributed by atoms with E-state index in [-0.39, 0.29) is 5.78 Å². The van der Waals surface area contributed by atoms with Crippen molar-refractivity contribution in [3.63, 3.8) is 0 Å². The number of hydrogen-bond acceptors (Lipinski definition) is 4. The second kappa shape index (κ2) is 6.05. The zero-order chi connectivity index (χ0) is 13.0. The predicted octanol–water partition coefficient (Wildman–Crippen LogP) is 3.17. The minimum Gasteiger partial charge on any atom is -0.484 e. The van der Waals surface area contributed by atoms with E-state index in [4.69, 9.17) is 4.74 Å². The van der Waals surface area contributed by atoms with Gasteiger partial charge in [-0.3, -0.25) is 9.78 Å². The van der Waals surface area contributed by atoms with Gasteiger partial charge in [-0.05, 0) is 30.0 Å². The van der Waals surface area contributed by atoms with Gasteiger partial charge in [0.1, 0.15) is 6.61 Å². The van der Waals surface area contributed by atoms with E-state index in [1.54, 1.807) is 24.2 Å². The number of carbonyl (C=O) groups is 1. The largest absolute Gasteiger partial charge is 0.484 e. The lowest BCUT2D eigenvalue weighted by atomic mass is 10.1. The van der Waals surface area contributed by atoms with E-state index >= 15 is 0 Å². The first-order chi connectivity index (χ1) is 8.66. The number of allylic oxidation sites excluding steroid dienone is 2. The second-order valence-electron chi connectivity index (χ2n) is 4.71. The molecular formula is C14H17NO2S. The first-order valence-corrected chi connectivity index (χ1v) is 7.06. The molecule has 0 unspecified atom stereocenters. The molecule has 0 bridgehead atoms. The number of pyridine rings is 1. The summed E-state index contributed by atoms with van der Waals surface area (Å²) in [5, 5.41) is 0. The maximum absolute atomic E-state index is 11.8. The molecule has 0 saturated carbocycles. The van der Waals surface area contributed by atoms with Gasteiger partial charge in [0.25, 0.3) is 0 Å². The molecule has 0 amide bonds. The Morgan fingerprint density at radius 1 is 1.39 bits per heavy atom. The molecule has 2 heterocycles. The number of hydrogen-bond donors (Lipinski definition) is 0. The number of carbonyl (C=O) groups excluding carboxylic acids is 1. The Hall–Kier alpha value is -1.29. The van der Waals surface area contributed by atoms with Crippen molar-refractivity contribution in [1.82, 2.24) is 4.98 Å². The Morgan fingerprint density at radius 2 is 2.11 bits per heavy atom. The molecule has 0 aliphatic carbocycles. The van der Waals surface area contributed by atoms with Crippen molar-refractivity contribution in [2.75, 3.05) is 5.75 Å². The Morgan fingerprint density at radius 3 is 2.78 bits per heavy atom. The monoisotopic (exact) mass is 263 g/mol. The van der Waals surface area contributed by atoms with E-state index in [1.807, 2.05) is 12.1 Å². The van der Waals surface area contributed by atoms with Gasteiger partial charge < -0.3 is 4.74 Å². The highest BCUT2D eigenvalue weighted by atomic mass is 32.2. The molecule has 1 aromatic heterocycles. The van der Waals surface area contributed by atoms with Gasteiger partial charge in [0.15, 0.2) is 5.76 Å². The Kier molecular flexibility index (Phi) is 4.42. The van der Waals surface area contributed by atoms with E-state index in [0.29, 0.717) is 24.0 Å². The van der Waals surface area contributed by atoms with Crippen LogP contribution in [0.15, 0.2) is 35.2 Å². The average molecular weight is 263 g/mol. The molecule has 1 aliphatic rings. The summed E-state index contributed by atoms with van der Waals surface area (Å²) in [5.41, 5.74) is 1.03. The summed E-state index contributed by atoms with van der Waals surface area (Å²) in [6.45, 7) is 4.74. The predicted molar refractivity (Wildman–Crippen MR) is 73.0 cm³/mol. The molecule has 0 saturated heterocycles. The summed E-state index contributed by atoms with van der Waals surface area (Å²) in [4.78, 5) is 16.8. The van der Waals surface area contributed by atoms with Crippen molar-refractivity contribution in [2.24, 2.45) is 5.92 Å². The molecule has 0 N–H and O–H groups in total. The lowest BCUT2D eigenvalue weighted by Crippen LogP contribution is -2.05. The van der Waals surface area contributed by atoms with Crippen LogP contribution in [0.3, 0.4) is 0 Å². The van der Waals surface area contributed by atoms with E-state index in [1.165, 1.54) is 0 Å². The normalized spacial score (nSPS) is 15.6. The van der Waals surface area contributed by atoms with Crippen LogP contribution in [0.2, 0.25) is 0 Å². The molecule has 1 aromatic rings. The highest BCUT2D eigenvalue weighted by molar-refractivity contribution is 8.04. The van der Waals surface area contributed by atoms with E-state index in [0.717, 1.165) is 16.9 Å². The SMILES string of the molecule is CC(C)CC1=C(OCc2ccncc2)C(=O)CS1. The average Bonchev–Trinajstić information content (AvgIpc) is 2.68. The van der Waals surface area contributed by atoms with Gasteiger partial charge in [-0.15, -0.1) is 11.8 Å². The molecule has 0 atom stereocenters. The smallest absolute Gasteiger partial charge is 0.208 e. The Labute approximate surface area is 112 Å². The zero-order valence-electron chi connectivity index (χ0n) is 10.7. The van der Waals surface area contributed by atoms with E-state index < -0.39 is 0 Å². The fourth-order valence-corrected chi connectivity index (χ4v) is 2.95. The third-order valence-corrected chi connectivity index (χ3v) is 3.72. The fraction of sp³-hybridized carbons (Fsp3) is 0.429. The van der Waals surface area contributed by atoms with Gasteiger partial charge in [-0.2, -0.15) is 0 Å². The van der Waals surface area contributed by atoms with Crippen LogP contribution in [0.25, 0.3) is 0 Å². The zero-order valence-corrected chi connectivity index (χ0v) is 11.5. The second-order valence-corrected chi connectivity index (χ2v) is 5.78. The number of rotatable bonds is 5. The van der Waals surface area contributed by atoms with Gasteiger partial charge in [-0.25, -0.2) is 0 Å². The molecule has 0 spiro atoms. The molecule has 96 valence electrons. The molecule has 4 heteroatoms. The minimum atomic E-state index is 0.115. The molecule has 2 rings (SSSR count). The van der Waals surface area contributed by atoms with Crippen molar-refractivity contribution in [3.05, 3.63) is 40.8 Å². The number of aromatic nitrogens is 1. The lowest BCUT2D eigenvalue weighted by molar-refractivity contribution is -0.116. The van der Waals surface area contributed by atoms with Crippen LogP contribution in [0, 0.1) is 5.92 Å². The van der Waals surface area contributed by atoms with E-state index in [2.05, 4.69) is 18.8 Å². The van der Waals surface area contributed by atoms with Crippen LogP contribution < -0.4 is 0 Å². The molecule has 18 heavy (non-hydrogen) atoms. The molecular weight excluding hydrogens is 246 g/mol. The number of thioether (sulfide) groups is 1. The van der Waals surface area contributed by atoms with Gasteiger partial charge in [0, 0.05) is 17.3 Å². The number of nitrogens with zero attached hydrogens (tertiary/aromatic N) is 1. The van der Waals surface area contributed by atoms with Gasteiger partial charge in [-0.1, -0.05) is 13.8 Å². The summed E-state index contributed by atoms with van der Waals surface area (Å²) in [6.07, 6.45) is 4.38. The summed E-state index contributed by atoms with van der Waals surface area (Å²) in [7, 11) is 0. The summed E-state index contributed by atoms with van der Waals surface area (Å²) in [6, 6.07) is 3.80. The first kappa shape index (κ1) is 13.1. The number of ether oxygens (including phenoxy) is 1. The van der Waals surface area contributed by atoms with Crippen LogP contribution in [-0.4, -0.2) is 16.5 Å². The van der Waals surface area contributed by atoms with Crippen LogP contribution in [0.5, 0.6) is 0 Å². The summed E-state index contributed by atoms with van der Waals surface area (Å²) in [5.74, 6) is 1.75. The fourth-order valence-electron chi connectivity index (χ4n) is 1.76. The van der Waals surface area contributed by atoms with Gasteiger partial charge in [0.2, 0.25) is 5.78 Å². The van der Waals surface area contributed by atoms with Crippen LogP contribution >= 0.6 is 11.8 Å².